The van der Waals surface area contributed by atoms with E-state index in [9.17, 15) is 0 Å². The Balaban J connectivity index is 1.81. The Hall–Kier alpha value is -1.84. The first-order valence-electron chi connectivity index (χ1n) is 6.61. The van der Waals surface area contributed by atoms with Gasteiger partial charge in [0.25, 0.3) is 0 Å². The van der Waals surface area contributed by atoms with Crippen molar-refractivity contribution in [2.24, 2.45) is 0 Å². The van der Waals surface area contributed by atoms with Gasteiger partial charge >= 0.3 is 0 Å². The molecule has 0 aliphatic carbocycles. The largest absolute Gasteiger partial charge is 0.316 e. The van der Waals surface area contributed by atoms with Gasteiger partial charge in [0.15, 0.2) is 0 Å². The maximum absolute atomic E-state index is 4.50. The second-order valence-corrected chi connectivity index (χ2v) is 5.74. The van der Waals surface area contributed by atoms with Crippen LogP contribution < -0.4 is 5.32 Å². The van der Waals surface area contributed by atoms with Crippen molar-refractivity contribution in [1.82, 2.24) is 10.3 Å². The van der Waals surface area contributed by atoms with Crippen LogP contribution in [0.15, 0.2) is 70.7 Å². The molecule has 100 valence electrons. The van der Waals surface area contributed by atoms with Crippen molar-refractivity contribution in [3.8, 4) is 0 Å². The van der Waals surface area contributed by atoms with Crippen molar-refractivity contribution in [3.63, 3.8) is 0 Å². The van der Waals surface area contributed by atoms with Gasteiger partial charge in [-0.1, -0.05) is 48.2 Å². The summed E-state index contributed by atoms with van der Waals surface area (Å²) in [4.78, 5) is 5.72. The molecular formula is C17H16N2S. The number of pyridine rings is 1. The zero-order chi connectivity index (χ0) is 13.8. The number of nitrogens with zero attached hydrogens (tertiary/aromatic N) is 1. The van der Waals surface area contributed by atoms with Crippen LogP contribution in [0.3, 0.4) is 0 Å². The van der Waals surface area contributed by atoms with E-state index in [1.54, 1.807) is 11.8 Å². The Morgan fingerprint density at radius 1 is 1.00 bits per heavy atom. The molecule has 0 fully saturated rings. The van der Waals surface area contributed by atoms with E-state index in [1.807, 2.05) is 13.2 Å². The Morgan fingerprint density at radius 3 is 2.60 bits per heavy atom. The second kappa shape index (κ2) is 6.07. The number of nitrogens with one attached hydrogen (secondary N) is 1. The Morgan fingerprint density at radius 2 is 1.85 bits per heavy atom. The van der Waals surface area contributed by atoms with Crippen LogP contribution >= 0.6 is 11.8 Å². The van der Waals surface area contributed by atoms with Gasteiger partial charge in [-0.05, 0) is 41.6 Å². The molecule has 0 bridgehead atoms. The molecule has 0 amide bonds. The SMILES string of the molecule is CNCc1ccc(Sc2ccc3ccccc3c2)nc1. The van der Waals surface area contributed by atoms with Crippen LogP contribution in [0.4, 0.5) is 0 Å². The average Bonchev–Trinajstić information content (AvgIpc) is 2.49. The first-order chi connectivity index (χ1) is 9.85. The number of hydrogen-bond donors (Lipinski definition) is 1. The number of aromatic nitrogens is 1. The second-order valence-electron chi connectivity index (χ2n) is 4.65. The van der Waals surface area contributed by atoms with Gasteiger partial charge in [-0.15, -0.1) is 0 Å². The van der Waals surface area contributed by atoms with E-state index in [2.05, 4.69) is 64.9 Å². The number of hydrogen-bond acceptors (Lipinski definition) is 3. The van der Waals surface area contributed by atoms with E-state index in [4.69, 9.17) is 0 Å². The fourth-order valence-corrected chi connectivity index (χ4v) is 2.94. The minimum absolute atomic E-state index is 0.855. The topological polar surface area (TPSA) is 24.9 Å². The molecular weight excluding hydrogens is 264 g/mol. The lowest BCUT2D eigenvalue weighted by atomic mass is 10.1. The van der Waals surface area contributed by atoms with Gasteiger partial charge in [-0.2, -0.15) is 0 Å². The van der Waals surface area contributed by atoms with Crippen molar-refractivity contribution < 1.29 is 0 Å². The molecule has 1 aromatic heterocycles. The molecule has 0 radical (unpaired) electrons. The summed E-state index contributed by atoms with van der Waals surface area (Å²) in [5.74, 6) is 0. The molecule has 20 heavy (non-hydrogen) atoms. The third kappa shape index (κ3) is 3.00. The normalized spacial score (nSPS) is 10.8. The van der Waals surface area contributed by atoms with Crippen molar-refractivity contribution in [3.05, 3.63) is 66.4 Å². The quantitative estimate of drug-likeness (QED) is 0.778. The van der Waals surface area contributed by atoms with E-state index >= 15 is 0 Å². The highest BCUT2D eigenvalue weighted by atomic mass is 32.2. The average molecular weight is 280 g/mol. The van der Waals surface area contributed by atoms with E-state index in [-0.39, 0.29) is 0 Å². The molecule has 3 aromatic rings. The summed E-state index contributed by atoms with van der Waals surface area (Å²) < 4.78 is 0. The highest BCUT2D eigenvalue weighted by Gasteiger charge is 2.01. The van der Waals surface area contributed by atoms with Crippen molar-refractivity contribution in [2.75, 3.05) is 7.05 Å². The lowest BCUT2D eigenvalue weighted by Crippen LogP contribution is -2.04. The summed E-state index contributed by atoms with van der Waals surface area (Å²) in [6.07, 6.45) is 1.93. The smallest absolute Gasteiger partial charge is 0.101 e. The lowest BCUT2D eigenvalue weighted by molar-refractivity contribution is 0.809. The minimum Gasteiger partial charge on any atom is -0.316 e. The lowest BCUT2D eigenvalue weighted by Gasteiger charge is -2.04. The summed E-state index contributed by atoms with van der Waals surface area (Å²) in [6.45, 7) is 0.855. The minimum atomic E-state index is 0.855. The van der Waals surface area contributed by atoms with Gasteiger partial charge < -0.3 is 5.32 Å². The summed E-state index contributed by atoms with van der Waals surface area (Å²) in [5.41, 5.74) is 1.20. The molecule has 3 heteroatoms. The first-order valence-corrected chi connectivity index (χ1v) is 7.43. The standard InChI is InChI=1S/C17H16N2S/c1-18-11-13-6-9-17(19-12-13)20-16-8-7-14-4-2-3-5-15(14)10-16/h2-10,12,18H,11H2,1H3. The highest BCUT2D eigenvalue weighted by Crippen LogP contribution is 2.28. The van der Waals surface area contributed by atoms with Crippen LogP contribution in [-0.2, 0) is 6.54 Å². The summed E-state index contributed by atoms with van der Waals surface area (Å²) >= 11 is 1.70. The monoisotopic (exact) mass is 280 g/mol. The van der Waals surface area contributed by atoms with Crippen molar-refractivity contribution in [1.29, 1.82) is 0 Å². The molecule has 0 atom stereocenters. The summed E-state index contributed by atoms with van der Waals surface area (Å²) in [7, 11) is 1.94. The third-order valence-electron chi connectivity index (χ3n) is 3.12. The third-order valence-corrected chi connectivity index (χ3v) is 4.06. The van der Waals surface area contributed by atoms with Crippen molar-refractivity contribution >= 4 is 22.5 Å². The molecule has 0 spiro atoms. The first kappa shape index (κ1) is 13.2. The van der Waals surface area contributed by atoms with Crippen LogP contribution in [0.25, 0.3) is 10.8 Å². The van der Waals surface area contributed by atoms with E-state index in [0.717, 1.165) is 11.6 Å². The zero-order valence-electron chi connectivity index (χ0n) is 11.3. The van der Waals surface area contributed by atoms with Crippen LogP contribution in [0.5, 0.6) is 0 Å². The molecule has 0 saturated carbocycles. The van der Waals surface area contributed by atoms with E-state index < -0.39 is 0 Å². The van der Waals surface area contributed by atoms with Gasteiger partial charge in [0.1, 0.15) is 5.03 Å². The number of fused-ring (bicyclic) bond motifs is 1. The predicted molar refractivity (Wildman–Crippen MR) is 85.1 cm³/mol. The van der Waals surface area contributed by atoms with Gasteiger partial charge in [-0.3, -0.25) is 0 Å². The zero-order valence-corrected chi connectivity index (χ0v) is 12.2. The van der Waals surface area contributed by atoms with Gasteiger partial charge in [0.05, 0.1) is 0 Å². The number of rotatable bonds is 4. The van der Waals surface area contributed by atoms with Crippen LogP contribution in [0.2, 0.25) is 0 Å². The Labute approximate surface area is 123 Å². The summed E-state index contributed by atoms with van der Waals surface area (Å²) in [6, 6.07) is 19.1. The molecule has 1 heterocycles. The highest BCUT2D eigenvalue weighted by molar-refractivity contribution is 7.99. The molecule has 1 N–H and O–H groups in total. The maximum atomic E-state index is 4.50. The van der Waals surface area contributed by atoms with Crippen LogP contribution in [0.1, 0.15) is 5.56 Å². The van der Waals surface area contributed by atoms with Gasteiger partial charge in [0, 0.05) is 17.6 Å². The van der Waals surface area contributed by atoms with Crippen LogP contribution in [-0.4, -0.2) is 12.0 Å². The predicted octanol–water partition coefficient (Wildman–Crippen LogP) is 4.11. The Bertz CT molecular complexity index is 708. The van der Waals surface area contributed by atoms with Gasteiger partial charge in [0.2, 0.25) is 0 Å². The maximum Gasteiger partial charge on any atom is 0.101 e. The molecule has 0 unspecified atom stereocenters. The summed E-state index contributed by atoms with van der Waals surface area (Å²) in [5, 5.41) is 6.69. The fraction of sp³-hybridized carbons (Fsp3) is 0.118. The van der Waals surface area contributed by atoms with Crippen molar-refractivity contribution in [2.45, 2.75) is 16.5 Å². The van der Waals surface area contributed by atoms with Crippen LogP contribution in [0, 0.1) is 0 Å². The van der Waals surface area contributed by atoms with Gasteiger partial charge in [-0.25, -0.2) is 4.98 Å². The fourth-order valence-electron chi connectivity index (χ4n) is 2.13. The van der Waals surface area contributed by atoms with E-state index in [0.29, 0.717) is 0 Å². The molecule has 2 nitrogen and oxygen atoms in total. The molecule has 0 aliphatic heterocycles. The molecule has 2 aromatic carbocycles. The van der Waals surface area contributed by atoms with E-state index in [1.165, 1.54) is 21.2 Å². The molecule has 3 rings (SSSR count). The molecule has 0 aliphatic rings. The molecule has 0 saturated heterocycles. The Kier molecular flexibility index (Phi) is 4.00. The number of benzene rings is 2.